The zero-order valence-electron chi connectivity index (χ0n) is 13.7. The smallest absolute Gasteiger partial charge is 0.348 e. The Morgan fingerprint density at radius 1 is 1.24 bits per heavy atom. The Hall–Kier alpha value is -2.24. The van der Waals surface area contributed by atoms with Crippen molar-refractivity contribution in [2.45, 2.75) is 29.8 Å². The maximum Gasteiger partial charge on any atom is 0.348 e. The number of aromatic nitrogens is 1. The Kier molecular flexibility index (Phi) is 5.16. The van der Waals surface area contributed by atoms with Gasteiger partial charge in [0.15, 0.2) is 5.09 Å². The molecule has 0 amide bonds. The summed E-state index contributed by atoms with van der Waals surface area (Å²) in [5, 5.41) is 11.6. The fourth-order valence-corrected chi connectivity index (χ4v) is 3.55. The van der Waals surface area contributed by atoms with Crippen molar-refractivity contribution in [1.29, 1.82) is 0 Å². The molecule has 0 aliphatic carbocycles. The van der Waals surface area contributed by atoms with Gasteiger partial charge in [-0.05, 0) is 48.9 Å². The van der Waals surface area contributed by atoms with Crippen molar-refractivity contribution in [2.75, 3.05) is 0 Å². The average molecular weight is 374 g/mol. The van der Waals surface area contributed by atoms with Crippen LogP contribution in [0.15, 0.2) is 61.9 Å². The number of aryl methyl sites for hydroxylation is 1. The van der Waals surface area contributed by atoms with Gasteiger partial charge in [-0.2, -0.15) is 0 Å². The molecular weight excluding hydrogens is 358 g/mol. The Morgan fingerprint density at radius 3 is 2.72 bits per heavy atom. The summed E-state index contributed by atoms with van der Waals surface area (Å²) in [6.07, 6.45) is 1.66. The van der Waals surface area contributed by atoms with Crippen LogP contribution < -0.4 is 5.63 Å². The van der Waals surface area contributed by atoms with E-state index in [2.05, 4.69) is 4.98 Å². The second-order valence-electron chi connectivity index (χ2n) is 5.59. The molecule has 128 valence electrons. The van der Waals surface area contributed by atoms with E-state index in [-0.39, 0.29) is 17.2 Å². The highest BCUT2D eigenvalue weighted by molar-refractivity contribution is 7.99. The molecule has 0 aliphatic heterocycles. The first-order chi connectivity index (χ1) is 12.0. The van der Waals surface area contributed by atoms with Crippen LogP contribution in [0.25, 0.3) is 11.1 Å². The quantitative estimate of drug-likeness (QED) is 0.658. The van der Waals surface area contributed by atoms with E-state index in [0.717, 1.165) is 11.1 Å². The number of benzene rings is 1. The average Bonchev–Trinajstić information content (AvgIpc) is 2.61. The predicted octanol–water partition coefficient (Wildman–Crippen LogP) is 4.91. The number of aromatic hydroxyl groups is 1. The number of rotatable bonds is 4. The lowest BCUT2D eigenvalue weighted by Crippen LogP contribution is -2.07. The summed E-state index contributed by atoms with van der Waals surface area (Å²) in [5.41, 5.74) is 2.42. The standard InChI is InChI=1S/C19H16ClNO3S/c1-11-6-7-14(13(9-11)10-20)16-17(22)12(2)19(24-18(16)23)25-15-5-3-4-8-21-15/h3-9,22H,10H2,1-2H3. The molecule has 0 bridgehead atoms. The van der Waals surface area contributed by atoms with E-state index >= 15 is 0 Å². The summed E-state index contributed by atoms with van der Waals surface area (Å²) in [5.74, 6) is 0.143. The van der Waals surface area contributed by atoms with Gasteiger partial charge in [-0.3, -0.25) is 0 Å². The predicted molar refractivity (Wildman–Crippen MR) is 99.5 cm³/mol. The zero-order valence-corrected chi connectivity index (χ0v) is 15.3. The molecule has 1 aromatic carbocycles. The highest BCUT2D eigenvalue weighted by Gasteiger charge is 2.21. The van der Waals surface area contributed by atoms with E-state index in [9.17, 15) is 9.90 Å². The van der Waals surface area contributed by atoms with E-state index in [0.29, 0.717) is 21.2 Å². The number of halogens is 1. The van der Waals surface area contributed by atoms with Gasteiger partial charge < -0.3 is 9.52 Å². The van der Waals surface area contributed by atoms with Gasteiger partial charge in [-0.1, -0.05) is 29.8 Å². The Balaban J connectivity index is 2.12. The molecule has 1 N–H and O–H groups in total. The normalized spacial score (nSPS) is 10.8. The first-order valence-corrected chi connectivity index (χ1v) is 8.97. The summed E-state index contributed by atoms with van der Waals surface area (Å²) >= 11 is 7.21. The molecule has 3 aromatic rings. The van der Waals surface area contributed by atoms with Crippen molar-refractivity contribution in [3.05, 3.63) is 69.7 Å². The number of alkyl halides is 1. The highest BCUT2D eigenvalue weighted by atomic mass is 35.5. The van der Waals surface area contributed by atoms with E-state index in [1.807, 2.05) is 25.1 Å². The molecule has 2 heterocycles. The molecule has 6 heteroatoms. The maximum absolute atomic E-state index is 12.6. The van der Waals surface area contributed by atoms with Crippen molar-refractivity contribution >= 4 is 23.4 Å². The monoisotopic (exact) mass is 373 g/mol. The summed E-state index contributed by atoms with van der Waals surface area (Å²) < 4.78 is 5.47. The van der Waals surface area contributed by atoms with Crippen LogP contribution in [-0.2, 0) is 5.88 Å². The zero-order chi connectivity index (χ0) is 18.0. The van der Waals surface area contributed by atoms with Crippen molar-refractivity contribution in [3.8, 4) is 16.9 Å². The lowest BCUT2D eigenvalue weighted by molar-refractivity contribution is 0.391. The molecule has 4 nitrogen and oxygen atoms in total. The SMILES string of the molecule is Cc1ccc(-c2c(O)c(C)c(Sc3ccccn3)oc2=O)c(CCl)c1. The van der Waals surface area contributed by atoms with Gasteiger partial charge in [0.05, 0.1) is 0 Å². The van der Waals surface area contributed by atoms with Crippen LogP contribution in [0.1, 0.15) is 16.7 Å². The Morgan fingerprint density at radius 2 is 2.04 bits per heavy atom. The van der Waals surface area contributed by atoms with E-state index in [1.54, 1.807) is 31.3 Å². The molecule has 0 saturated carbocycles. The molecule has 0 fully saturated rings. The fraction of sp³-hybridized carbons (Fsp3) is 0.158. The van der Waals surface area contributed by atoms with Crippen molar-refractivity contribution in [2.24, 2.45) is 0 Å². The third-order valence-corrected chi connectivity index (χ3v) is 5.11. The van der Waals surface area contributed by atoms with Gasteiger partial charge in [0.25, 0.3) is 0 Å². The first-order valence-electron chi connectivity index (χ1n) is 7.62. The van der Waals surface area contributed by atoms with Gasteiger partial charge in [0.2, 0.25) is 0 Å². The van der Waals surface area contributed by atoms with Gasteiger partial charge >= 0.3 is 5.63 Å². The van der Waals surface area contributed by atoms with Crippen molar-refractivity contribution in [3.63, 3.8) is 0 Å². The number of nitrogens with zero attached hydrogens (tertiary/aromatic N) is 1. The number of hydrogen-bond donors (Lipinski definition) is 1. The minimum Gasteiger partial charge on any atom is -0.507 e. The van der Waals surface area contributed by atoms with Crippen LogP contribution in [0.3, 0.4) is 0 Å². The number of hydrogen-bond acceptors (Lipinski definition) is 5. The van der Waals surface area contributed by atoms with Gasteiger partial charge in [0, 0.05) is 17.6 Å². The topological polar surface area (TPSA) is 63.3 Å². The van der Waals surface area contributed by atoms with E-state index < -0.39 is 5.63 Å². The molecule has 3 rings (SSSR count). The Bertz CT molecular complexity index is 970. The third kappa shape index (κ3) is 3.57. The van der Waals surface area contributed by atoms with E-state index in [4.69, 9.17) is 16.0 Å². The third-order valence-electron chi connectivity index (χ3n) is 3.80. The number of pyridine rings is 1. The molecule has 0 spiro atoms. The highest BCUT2D eigenvalue weighted by Crippen LogP contribution is 2.38. The van der Waals surface area contributed by atoms with Gasteiger partial charge in [0.1, 0.15) is 16.3 Å². The first kappa shape index (κ1) is 17.6. The summed E-state index contributed by atoms with van der Waals surface area (Å²) in [6, 6.07) is 11.0. The van der Waals surface area contributed by atoms with Crippen LogP contribution in [0, 0.1) is 13.8 Å². The van der Waals surface area contributed by atoms with Gasteiger partial charge in [-0.15, -0.1) is 11.6 Å². The second kappa shape index (κ2) is 7.33. The lowest BCUT2D eigenvalue weighted by atomic mass is 9.98. The van der Waals surface area contributed by atoms with Crippen LogP contribution in [-0.4, -0.2) is 10.1 Å². The molecule has 0 aliphatic rings. The van der Waals surface area contributed by atoms with Gasteiger partial charge in [-0.25, -0.2) is 9.78 Å². The molecule has 0 unspecified atom stereocenters. The maximum atomic E-state index is 12.6. The van der Waals surface area contributed by atoms with E-state index in [1.165, 1.54) is 11.8 Å². The van der Waals surface area contributed by atoms with Crippen molar-refractivity contribution < 1.29 is 9.52 Å². The lowest BCUT2D eigenvalue weighted by Gasteiger charge is -2.12. The molecular formula is C19H16ClNO3S. The van der Waals surface area contributed by atoms with Crippen LogP contribution in [0.4, 0.5) is 0 Å². The molecule has 0 saturated heterocycles. The fourth-order valence-electron chi connectivity index (χ4n) is 2.51. The van der Waals surface area contributed by atoms with Crippen LogP contribution in [0.5, 0.6) is 5.75 Å². The largest absolute Gasteiger partial charge is 0.507 e. The Labute approximate surface area is 154 Å². The summed E-state index contributed by atoms with van der Waals surface area (Å²) in [7, 11) is 0. The molecule has 2 aromatic heterocycles. The minimum absolute atomic E-state index is 0.0927. The molecule has 0 radical (unpaired) electrons. The van der Waals surface area contributed by atoms with Crippen LogP contribution >= 0.6 is 23.4 Å². The summed E-state index contributed by atoms with van der Waals surface area (Å²) in [4.78, 5) is 16.7. The molecule has 0 atom stereocenters. The van der Waals surface area contributed by atoms with Crippen LogP contribution in [0.2, 0.25) is 0 Å². The minimum atomic E-state index is -0.600. The summed E-state index contributed by atoms with van der Waals surface area (Å²) in [6.45, 7) is 3.65. The molecule has 25 heavy (non-hydrogen) atoms. The van der Waals surface area contributed by atoms with Crippen molar-refractivity contribution in [1.82, 2.24) is 4.98 Å². The second-order valence-corrected chi connectivity index (χ2v) is 6.85.